The first-order valence-electron chi connectivity index (χ1n) is 19.3. The topological polar surface area (TPSA) is 25.8 Å². The van der Waals surface area contributed by atoms with Crippen molar-refractivity contribution < 1.29 is 0 Å². The van der Waals surface area contributed by atoms with Gasteiger partial charge in [0.1, 0.15) is 0 Å². The van der Waals surface area contributed by atoms with Crippen LogP contribution in [0, 0.1) is 0 Å². The maximum atomic E-state index is 5.02. The van der Waals surface area contributed by atoms with E-state index >= 15 is 0 Å². The van der Waals surface area contributed by atoms with Crippen LogP contribution in [-0.4, -0.2) is 9.97 Å². The largest absolute Gasteiger partial charge is 0.228 e. The monoisotopic (exact) mass is 692 g/mol. The molecule has 0 unspecified atom stereocenters. The molecule has 0 atom stereocenters. The van der Waals surface area contributed by atoms with Gasteiger partial charge in [0.25, 0.3) is 0 Å². The Labute approximate surface area is 317 Å². The summed E-state index contributed by atoms with van der Waals surface area (Å²) in [6.45, 7) is 0. The first-order valence-corrected chi connectivity index (χ1v) is 19.3. The van der Waals surface area contributed by atoms with Gasteiger partial charge in [0, 0.05) is 22.1 Å². The molecule has 0 aliphatic heterocycles. The van der Waals surface area contributed by atoms with E-state index in [1.165, 1.54) is 82.2 Å². The number of aromatic nitrogens is 2. The maximum Gasteiger partial charge on any atom is 0.160 e. The van der Waals surface area contributed by atoms with E-state index in [1.54, 1.807) is 5.56 Å². The quantitative estimate of drug-likeness (QED) is 0.173. The van der Waals surface area contributed by atoms with Gasteiger partial charge in [-0.15, -0.1) is 0 Å². The van der Waals surface area contributed by atoms with Crippen LogP contribution in [0.5, 0.6) is 0 Å². The molecule has 1 aromatic heterocycles. The fourth-order valence-corrected chi connectivity index (χ4v) is 8.96. The third-order valence-corrected chi connectivity index (χ3v) is 11.7. The zero-order valence-electron chi connectivity index (χ0n) is 30.3. The first-order chi connectivity index (χ1) is 26.7. The van der Waals surface area contributed by atoms with Crippen LogP contribution < -0.4 is 0 Å². The predicted molar refractivity (Wildman–Crippen MR) is 224 cm³/mol. The molecular weight excluding hydrogens is 653 g/mol. The molecule has 1 fully saturated rings. The minimum Gasteiger partial charge on any atom is -0.228 e. The lowest BCUT2D eigenvalue weighted by Crippen LogP contribution is -2.28. The summed E-state index contributed by atoms with van der Waals surface area (Å²) in [5.74, 6) is 0.727. The van der Waals surface area contributed by atoms with Gasteiger partial charge in [-0.05, 0) is 86.7 Å². The standard InChI is InChI=1S/C52H40N2/c1-4-13-39(14-5-1)49-35-50(54-51(53-49)41-15-6-2-7-16-41)40-27-25-37(26-28-40)43-18-12-17-42(33-43)36-21-23-38(24-22-36)44-29-30-46-45-19-8-9-20-47(45)52(48(46)34-44)31-10-3-11-32-52/h1-2,4-9,12-30,33-35H,3,10-11,31-32H2. The van der Waals surface area contributed by atoms with Crippen molar-refractivity contribution >= 4 is 0 Å². The van der Waals surface area contributed by atoms with E-state index in [0.29, 0.717) is 0 Å². The Morgan fingerprint density at radius 2 is 0.778 bits per heavy atom. The molecule has 258 valence electrons. The molecule has 0 radical (unpaired) electrons. The second kappa shape index (κ2) is 13.5. The summed E-state index contributed by atoms with van der Waals surface area (Å²) in [5, 5.41) is 0. The van der Waals surface area contributed by atoms with Crippen molar-refractivity contribution in [1.82, 2.24) is 9.97 Å². The van der Waals surface area contributed by atoms with Crippen molar-refractivity contribution in [2.45, 2.75) is 37.5 Å². The van der Waals surface area contributed by atoms with Gasteiger partial charge in [0.05, 0.1) is 11.4 Å². The number of rotatable bonds is 6. The van der Waals surface area contributed by atoms with E-state index in [2.05, 4.69) is 158 Å². The van der Waals surface area contributed by atoms with Crippen LogP contribution in [0.15, 0.2) is 182 Å². The molecule has 2 aliphatic rings. The highest BCUT2D eigenvalue weighted by Crippen LogP contribution is 2.56. The molecule has 1 saturated carbocycles. The number of benzene rings is 7. The predicted octanol–water partition coefficient (Wildman–Crippen LogP) is 13.7. The van der Waals surface area contributed by atoms with Crippen LogP contribution >= 0.6 is 0 Å². The SMILES string of the molecule is c1ccc(-c2cc(-c3ccc(-c4cccc(-c5ccc(-c6ccc7c(c6)C6(CCCCC6)c6ccccc6-7)cc5)c4)cc3)nc(-c3ccccc3)n2)cc1. The van der Waals surface area contributed by atoms with Crippen LogP contribution in [0.25, 0.3) is 78.4 Å². The Kier molecular flexibility index (Phi) is 8.10. The summed E-state index contributed by atoms with van der Waals surface area (Å²) in [5.41, 5.74) is 18.5. The molecule has 54 heavy (non-hydrogen) atoms. The van der Waals surface area contributed by atoms with Gasteiger partial charge in [-0.25, -0.2) is 9.97 Å². The molecule has 1 spiro atoms. The molecule has 0 amide bonds. The van der Waals surface area contributed by atoms with Crippen LogP contribution in [0.3, 0.4) is 0 Å². The molecule has 0 N–H and O–H groups in total. The molecule has 2 heteroatoms. The molecule has 8 aromatic rings. The van der Waals surface area contributed by atoms with Gasteiger partial charge in [-0.2, -0.15) is 0 Å². The lowest BCUT2D eigenvalue weighted by Gasteiger charge is -2.36. The van der Waals surface area contributed by atoms with E-state index < -0.39 is 0 Å². The highest BCUT2D eigenvalue weighted by atomic mass is 14.9. The van der Waals surface area contributed by atoms with E-state index in [4.69, 9.17) is 9.97 Å². The number of nitrogens with zero attached hydrogens (tertiary/aromatic N) is 2. The van der Waals surface area contributed by atoms with E-state index in [0.717, 1.165) is 33.9 Å². The fraction of sp³-hybridized carbons (Fsp3) is 0.115. The summed E-state index contributed by atoms with van der Waals surface area (Å²) >= 11 is 0. The molecule has 0 bridgehead atoms. The third kappa shape index (κ3) is 5.76. The first kappa shape index (κ1) is 32.3. The molecule has 2 aliphatic carbocycles. The fourth-order valence-electron chi connectivity index (χ4n) is 8.96. The van der Waals surface area contributed by atoms with Gasteiger partial charge >= 0.3 is 0 Å². The molecule has 0 saturated heterocycles. The lowest BCUT2D eigenvalue weighted by molar-refractivity contribution is 0.353. The molecule has 10 rings (SSSR count). The van der Waals surface area contributed by atoms with Gasteiger partial charge in [-0.1, -0.05) is 183 Å². The van der Waals surface area contributed by atoms with Gasteiger partial charge in [0.15, 0.2) is 5.82 Å². The van der Waals surface area contributed by atoms with Gasteiger partial charge in [0.2, 0.25) is 0 Å². The van der Waals surface area contributed by atoms with Crippen molar-refractivity contribution in [2.24, 2.45) is 0 Å². The summed E-state index contributed by atoms with van der Waals surface area (Å²) < 4.78 is 0. The molecular formula is C52H40N2. The number of hydrogen-bond acceptors (Lipinski definition) is 2. The Morgan fingerprint density at radius 3 is 1.41 bits per heavy atom. The summed E-state index contributed by atoms with van der Waals surface area (Å²) in [6.07, 6.45) is 6.47. The minimum atomic E-state index is 0.170. The van der Waals surface area contributed by atoms with E-state index in [9.17, 15) is 0 Å². The summed E-state index contributed by atoms with van der Waals surface area (Å²) in [6, 6.07) is 65.8. The minimum absolute atomic E-state index is 0.170. The Balaban J connectivity index is 0.926. The summed E-state index contributed by atoms with van der Waals surface area (Å²) in [4.78, 5) is 9.98. The van der Waals surface area contributed by atoms with Crippen molar-refractivity contribution in [3.8, 4) is 78.4 Å². The maximum absolute atomic E-state index is 5.02. The van der Waals surface area contributed by atoms with Crippen LogP contribution in [0.4, 0.5) is 0 Å². The van der Waals surface area contributed by atoms with Crippen LogP contribution in [0.2, 0.25) is 0 Å². The normalized spacial score (nSPS) is 14.1. The number of fused-ring (bicyclic) bond motifs is 5. The van der Waals surface area contributed by atoms with Crippen molar-refractivity contribution in [2.75, 3.05) is 0 Å². The molecule has 2 nitrogen and oxygen atoms in total. The van der Waals surface area contributed by atoms with Gasteiger partial charge in [-0.3, -0.25) is 0 Å². The highest BCUT2D eigenvalue weighted by Gasteiger charge is 2.43. The number of hydrogen-bond donors (Lipinski definition) is 0. The zero-order valence-corrected chi connectivity index (χ0v) is 30.3. The highest BCUT2D eigenvalue weighted by molar-refractivity contribution is 5.85. The lowest BCUT2D eigenvalue weighted by atomic mass is 9.67. The van der Waals surface area contributed by atoms with Crippen molar-refractivity contribution in [3.05, 3.63) is 193 Å². The second-order valence-electron chi connectivity index (χ2n) is 14.9. The Morgan fingerprint density at radius 1 is 0.315 bits per heavy atom. The average Bonchev–Trinajstić information content (AvgIpc) is 3.52. The Hall–Kier alpha value is -6.38. The average molecular weight is 693 g/mol. The Bertz CT molecular complexity index is 2540. The smallest absolute Gasteiger partial charge is 0.160 e. The zero-order chi connectivity index (χ0) is 35.9. The van der Waals surface area contributed by atoms with Crippen molar-refractivity contribution in [1.29, 1.82) is 0 Å². The van der Waals surface area contributed by atoms with Crippen LogP contribution in [-0.2, 0) is 5.41 Å². The van der Waals surface area contributed by atoms with E-state index in [1.807, 2.05) is 24.3 Å². The third-order valence-electron chi connectivity index (χ3n) is 11.7. The second-order valence-corrected chi connectivity index (χ2v) is 14.9. The van der Waals surface area contributed by atoms with E-state index in [-0.39, 0.29) is 5.41 Å². The van der Waals surface area contributed by atoms with Crippen LogP contribution in [0.1, 0.15) is 43.2 Å². The molecule has 1 heterocycles. The molecule has 7 aromatic carbocycles. The summed E-state index contributed by atoms with van der Waals surface area (Å²) in [7, 11) is 0. The van der Waals surface area contributed by atoms with Crippen molar-refractivity contribution in [3.63, 3.8) is 0 Å². The van der Waals surface area contributed by atoms with Gasteiger partial charge < -0.3 is 0 Å².